The fourth-order valence-corrected chi connectivity index (χ4v) is 2.37. The van der Waals surface area contributed by atoms with Crippen LogP contribution in [0.5, 0.6) is 0 Å². The van der Waals surface area contributed by atoms with Gasteiger partial charge in [0, 0.05) is 33.2 Å². The van der Waals surface area contributed by atoms with Crippen LogP contribution >= 0.6 is 0 Å². The van der Waals surface area contributed by atoms with E-state index in [-0.39, 0.29) is 37.0 Å². The topological polar surface area (TPSA) is 82.2 Å². The summed E-state index contributed by atoms with van der Waals surface area (Å²) in [7, 11) is 5.12. The van der Waals surface area contributed by atoms with Crippen molar-refractivity contribution < 1.29 is 19.1 Å². The van der Waals surface area contributed by atoms with Gasteiger partial charge in [0.15, 0.2) is 0 Å². The van der Waals surface area contributed by atoms with Crippen molar-refractivity contribution >= 4 is 17.9 Å². The molecule has 1 aliphatic rings. The quantitative estimate of drug-likeness (QED) is 0.727. The van der Waals surface area contributed by atoms with Crippen molar-refractivity contribution in [2.45, 2.75) is 25.8 Å². The molecule has 1 rings (SSSR count). The molecule has 23 heavy (non-hydrogen) atoms. The molecular weight excluding hydrogens is 300 g/mol. The number of nitrogens with one attached hydrogen (secondary N) is 1. The molecule has 3 amide bonds. The molecule has 0 aromatic heterocycles. The number of piperidine rings is 1. The Balaban J connectivity index is 2.28. The maximum absolute atomic E-state index is 12.0. The minimum atomic E-state index is -0.292. The average molecular weight is 328 g/mol. The first-order chi connectivity index (χ1) is 10.8. The molecule has 1 N–H and O–H groups in total. The van der Waals surface area contributed by atoms with Crippen LogP contribution in [0.2, 0.25) is 0 Å². The van der Waals surface area contributed by atoms with Crippen molar-refractivity contribution in [3.8, 4) is 0 Å². The first-order valence-electron chi connectivity index (χ1n) is 7.93. The van der Waals surface area contributed by atoms with Crippen LogP contribution in [-0.2, 0) is 14.3 Å². The molecule has 0 spiro atoms. The van der Waals surface area contributed by atoms with E-state index in [4.69, 9.17) is 4.74 Å². The van der Waals surface area contributed by atoms with Crippen molar-refractivity contribution in [2.75, 3.05) is 53.9 Å². The van der Waals surface area contributed by atoms with E-state index in [9.17, 15) is 14.4 Å². The molecule has 1 fully saturated rings. The highest BCUT2D eigenvalue weighted by molar-refractivity contribution is 5.81. The third-order valence-electron chi connectivity index (χ3n) is 3.70. The lowest BCUT2D eigenvalue weighted by molar-refractivity contribution is -0.130. The average Bonchev–Trinajstić information content (AvgIpc) is 2.47. The number of hydrogen-bond acceptors (Lipinski definition) is 5. The molecule has 0 aliphatic carbocycles. The summed E-state index contributed by atoms with van der Waals surface area (Å²) < 4.78 is 4.96. The molecule has 0 atom stereocenters. The summed E-state index contributed by atoms with van der Waals surface area (Å²) >= 11 is 0. The van der Waals surface area contributed by atoms with Crippen LogP contribution in [0.1, 0.15) is 19.8 Å². The highest BCUT2D eigenvalue weighted by atomic mass is 16.6. The SMILES string of the molecule is CCOC(=O)N1CCC(NC(=O)CN(C)CC(=O)N(C)C)CC1. The summed E-state index contributed by atoms with van der Waals surface area (Å²) in [6.07, 6.45) is 1.13. The van der Waals surface area contributed by atoms with Crippen molar-refractivity contribution in [3.63, 3.8) is 0 Å². The van der Waals surface area contributed by atoms with Crippen molar-refractivity contribution in [2.24, 2.45) is 0 Å². The maximum atomic E-state index is 12.0. The standard InChI is InChI=1S/C15H28N4O4/c1-5-23-15(22)19-8-6-12(7-9-19)16-13(20)10-18(4)11-14(21)17(2)3/h12H,5-11H2,1-4H3,(H,16,20). The van der Waals surface area contributed by atoms with Crippen LogP contribution in [0.25, 0.3) is 0 Å². The van der Waals surface area contributed by atoms with Crippen LogP contribution in [0, 0.1) is 0 Å². The molecule has 0 bridgehead atoms. The fraction of sp³-hybridized carbons (Fsp3) is 0.800. The van der Waals surface area contributed by atoms with E-state index in [1.807, 2.05) is 0 Å². The normalized spacial score (nSPS) is 15.4. The Morgan fingerprint density at radius 3 is 2.26 bits per heavy atom. The largest absolute Gasteiger partial charge is 0.450 e. The molecule has 132 valence electrons. The Kier molecular flexibility index (Phi) is 7.80. The first kappa shape index (κ1) is 19.2. The fourth-order valence-electron chi connectivity index (χ4n) is 2.37. The molecule has 1 saturated heterocycles. The summed E-state index contributed by atoms with van der Waals surface area (Å²) in [5.74, 6) is -0.142. The maximum Gasteiger partial charge on any atom is 0.409 e. The molecule has 1 aliphatic heterocycles. The smallest absolute Gasteiger partial charge is 0.409 e. The molecular formula is C15H28N4O4. The minimum absolute atomic E-state index is 0.0388. The Hall–Kier alpha value is -1.83. The van der Waals surface area contributed by atoms with Gasteiger partial charge < -0.3 is 19.9 Å². The first-order valence-corrected chi connectivity index (χ1v) is 7.93. The van der Waals surface area contributed by atoms with Crippen LogP contribution in [0.4, 0.5) is 4.79 Å². The molecule has 1 heterocycles. The number of rotatable bonds is 6. The highest BCUT2D eigenvalue weighted by Gasteiger charge is 2.24. The second kappa shape index (κ2) is 9.34. The Bertz CT molecular complexity index is 420. The van der Waals surface area contributed by atoms with Gasteiger partial charge in [-0.2, -0.15) is 0 Å². The number of amides is 3. The number of ether oxygens (including phenoxy) is 1. The van der Waals surface area contributed by atoms with Crippen LogP contribution < -0.4 is 5.32 Å². The van der Waals surface area contributed by atoms with E-state index in [0.29, 0.717) is 32.5 Å². The number of hydrogen-bond donors (Lipinski definition) is 1. The molecule has 0 aromatic carbocycles. The summed E-state index contributed by atoms with van der Waals surface area (Å²) in [6, 6.07) is 0.0612. The van der Waals surface area contributed by atoms with Gasteiger partial charge in [0.05, 0.1) is 19.7 Å². The number of carbonyl (C=O) groups excluding carboxylic acids is 3. The third kappa shape index (κ3) is 6.85. The van der Waals surface area contributed by atoms with Crippen molar-refractivity contribution in [1.82, 2.24) is 20.0 Å². The Morgan fingerprint density at radius 2 is 1.74 bits per heavy atom. The molecule has 0 aromatic rings. The second-order valence-corrected chi connectivity index (χ2v) is 5.99. The van der Waals surface area contributed by atoms with Crippen LogP contribution in [0.3, 0.4) is 0 Å². The Labute approximate surface area is 137 Å². The van der Waals surface area contributed by atoms with Crippen molar-refractivity contribution in [1.29, 1.82) is 0 Å². The summed E-state index contributed by atoms with van der Waals surface area (Å²) in [5, 5.41) is 2.96. The van der Waals surface area contributed by atoms with E-state index in [0.717, 1.165) is 0 Å². The van der Waals surface area contributed by atoms with E-state index in [1.54, 1.807) is 37.9 Å². The predicted octanol–water partition coefficient (Wildman–Crippen LogP) is -0.256. The van der Waals surface area contributed by atoms with Gasteiger partial charge in [-0.1, -0.05) is 0 Å². The second-order valence-electron chi connectivity index (χ2n) is 5.99. The van der Waals surface area contributed by atoms with E-state index in [2.05, 4.69) is 5.32 Å². The lowest BCUT2D eigenvalue weighted by Crippen LogP contribution is -2.49. The molecule has 0 saturated carbocycles. The third-order valence-corrected chi connectivity index (χ3v) is 3.70. The number of nitrogens with zero attached hydrogens (tertiary/aromatic N) is 3. The van der Waals surface area contributed by atoms with Gasteiger partial charge in [-0.25, -0.2) is 4.79 Å². The number of carbonyl (C=O) groups is 3. The zero-order valence-corrected chi connectivity index (χ0v) is 14.5. The van der Waals surface area contributed by atoms with E-state index >= 15 is 0 Å². The molecule has 0 radical (unpaired) electrons. The van der Waals surface area contributed by atoms with Gasteiger partial charge in [0.25, 0.3) is 0 Å². The summed E-state index contributed by atoms with van der Waals surface area (Å²) in [5.41, 5.74) is 0. The zero-order valence-electron chi connectivity index (χ0n) is 14.5. The predicted molar refractivity (Wildman–Crippen MR) is 86.0 cm³/mol. The Morgan fingerprint density at radius 1 is 1.13 bits per heavy atom. The lowest BCUT2D eigenvalue weighted by atomic mass is 10.1. The van der Waals surface area contributed by atoms with Crippen molar-refractivity contribution in [3.05, 3.63) is 0 Å². The lowest BCUT2D eigenvalue weighted by Gasteiger charge is -2.32. The summed E-state index contributed by atoms with van der Waals surface area (Å²) in [6.45, 7) is 3.70. The summed E-state index contributed by atoms with van der Waals surface area (Å²) in [4.78, 5) is 40.0. The van der Waals surface area contributed by atoms with Gasteiger partial charge in [-0.15, -0.1) is 0 Å². The number of likely N-dealkylation sites (N-methyl/N-ethyl adjacent to an activating group) is 2. The monoisotopic (exact) mass is 328 g/mol. The van der Waals surface area contributed by atoms with Gasteiger partial charge in [0.2, 0.25) is 11.8 Å². The highest BCUT2D eigenvalue weighted by Crippen LogP contribution is 2.11. The molecule has 8 nitrogen and oxygen atoms in total. The molecule has 0 unspecified atom stereocenters. The van der Waals surface area contributed by atoms with Gasteiger partial charge in [-0.3, -0.25) is 14.5 Å². The minimum Gasteiger partial charge on any atom is -0.450 e. The van der Waals surface area contributed by atoms with Gasteiger partial charge in [-0.05, 0) is 26.8 Å². The van der Waals surface area contributed by atoms with Crippen LogP contribution in [-0.4, -0.2) is 92.6 Å². The van der Waals surface area contributed by atoms with E-state index in [1.165, 1.54) is 4.90 Å². The zero-order chi connectivity index (χ0) is 17.4. The molecule has 8 heteroatoms. The van der Waals surface area contributed by atoms with Gasteiger partial charge in [0.1, 0.15) is 0 Å². The van der Waals surface area contributed by atoms with E-state index < -0.39 is 0 Å². The van der Waals surface area contributed by atoms with Gasteiger partial charge >= 0.3 is 6.09 Å². The number of likely N-dealkylation sites (tertiary alicyclic amines) is 1. The van der Waals surface area contributed by atoms with Crippen LogP contribution in [0.15, 0.2) is 0 Å².